The maximum absolute atomic E-state index is 13.5. The molecule has 1 aromatic heterocycles. The number of ketones is 1. The lowest BCUT2D eigenvalue weighted by Crippen LogP contribution is -2.42. The summed E-state index contributed by atoms with van der Waals surface area (Å²) in [5.41, 5.74) is 2.34. The van der Waals surface area contributed by atoms with Crippen molar-refractivity contribution in [2.24, 2.45) is 7.05 Å². The number of hydrogen-bond acceptors (Lipinski definition) is 5. The second-order valence-electron chi connectivity index (χ2n) is 7.95. The number of hydrogen-bond donors (Lipinski definition) is 2. The molecule has 0 bridgehead atoms. The van der Waals surface area contributed by atoms with Gasteiger partial charge in [-0.1, -0.05) is 0 Å². The Hall–Kier alpha value is -3.04. The highest BCUT2D eigenvalue weighted by Gasteiger charge is 2.28. The van der Waals surface area contributed by atoms with E-state index in [-0.39, 0.29) is 11.5 Å². The van der Waals surface area contributed by atoms with Crippen LogP contribution in [0.15, 0.2) is 18.2 Å². The molecule has 0 unspecified atom stereocenters. The Balaban J connectivity index is 1.71. The first kappa shape index (κ1) is 23.6. The van der Waals surface area contributed by atoms with Gasteiger partial charge in [0.15, 0.2) is 0 Å². The molecular weight excluding hydrogens is 415 g/mol. The van der Waals surface area contributed by atoms with Crippen molar-refractivity contribution in [1.82, 2.24) is 14.8 Å². The molecule has 2 N–H and O–H groups in total. The van der Waals surface area contributed by atoms with Crippen LogP contribution in [0.4, 0.5) is 10.1 Å². The van der Waals surface area contributed by atoms with Gasteiger partial charge in [0.25, 0.3) is 17.6 Å². The molecule has 1 aliphatic heterocycles. The van der Waals surface area contributed by atoms with Crippen molar-refractivity contribution < 1.29 is 23.5 Å². The summed E-state index contributed by atoms with van der Waals surface area (Å²) >= 11 is 0. The first-order valence-corrected chi connectivity index (χ1v) is 10.6. The van der Waals surface area contributed by atoms with Crippen molar-refractivity contribution in [3.05, 3.63) is 52.1 Å². The molecular formula is C23H29FN4O4. The average Bonchev–Trinajstić information content (AvgIpc) is 2.99. The summed E-state index contributed by atoms with van der Waals surface area (Å²) in [4.78, 5) is 40.4. The molecule has 2 amide bonds. The van der Waals surface area contributed by atoms with Gasteiger partial charge in [0, 0.05) is 44.6 Å². The monoisotopic (exact) mass is 444 g/mol. The number of morpholine rings is 1. The van der Waals surface area contributed by atoms with E-state index in [1.807, 2.05) is 0 Å². The highest BCUT2D eigenvalue weighted by Crippen LogP contribution is 2.23. The molecule has 0 atom stereocenters. The van der Waals surface area contributed by atoms with E-state index in [4.69, 9.17) is 4.74 Å². The van der Waals surface area contributed by atoms with Gasteiger partial charge in [0.2, 0.25) is 0 Å². The van der Waals surface area contributed by atoms with E-state index in [1.165, 1.54) is 18.2 Å². The average molecular weight is 445 g/mol. The highest BCUT2D eigenvalue weighted by molar-refractivity contribution is 6.43. The standard InChI is InChI=1S/C23H29FN4O4/c1-14-13-17(5-6-18(14)24)26-22(30)19-15(2)20(27(4)16(19)3)21(29)23(31)25-7-8-28-9-11-32-12-10-28/h5-6,13H,7-12H2,1-4H3,(H,25,31)(H,26,30). The number of nitrogens with zero attached hydrogens (tertiary/aromatic N) is 2. The summed E-state index contributed by atoms with van der Waals surface area (Å²) in [6.45, 7) is 8.88. The lowest BCUT2D eigenvalue weighted by Gasteiger charge is -2.26. The second-order valence-corrected chi connectivity index (χ2v) is 7.95. The zero-order chi connectivity index (χ0) is 23.4. The summed E-state index contributed by atoms with van der Waals surface area (Å²) in [5, 5.41) is 5.41. The number of rotatable bonds is 7. The van der Waals surface area contributed by atoms with Gasteiger partial charge >= 0.3 is 0 Å². The van der Waals surface area contributed by atoms with Crippen LogP contribution in [0.1, 0.15) is 37.7 Å². The summed E-state index contributed by atoms with van der Waals surface area (Å²) < 4.78 is 20.4. The fraction of sp³-hybridized carbons (Fsp3) is 0.435. The fourth-order valence-corrected chi connectivity index (χ4v) is 3.89. The minimum Gasteiger partial charge on any atom is -0.379 e. The van der Waals surface area contributed by atoms with Gasteiger partial charge in [-0.05, 0) is 50.1 Å². The molecule has 1 fully saturated rings. The SMILES string of the molecule is Cc1cc(NC(=O)c2c(C)c(C(=O)C(=O)NCCN3CCOCC3)n(C)c2C)ccc1F. The van der Waals surface area contributed by atoms with Crippen LogP contribution in [0.5, 0.6) is 0 Å². The molecule has 2 heterocycles. The number of nitrogens with one attached hydrogen (secondary N) is 2. The van der Waals surface area contributed by atoms with E-state index in [9.17, 15) is 18.8 Å². The second kappa shape index (κ2) is 10.1. The molecule has 3 rings (SSSR count). The summed E-state index contributed by atoms with van der Waals surface area (Å²) in [5.74, 6) is -2.18. The molecule has 1 aromatic carbocycles. The van der Waals surface area contributed by atoms with Gasteiger partial charge in [0.05, 0.1) is 24.5 Å². The quantitative estimate of drug-likeness (QED) is 0.503. The maximum Gasteiger partial charge on any atom is 0.294 e. The number of aromatic nitrogens is 1. The number of anilines is 1. The number of Topliss-reactive ketones (excluding diaryl/α,β-unsaturated/α-hetero) is 1. The Labute approximate surface area is 186 Å². The van der Waals surface area contributed by atoms with Crippen LogP contribution >= 0.6 is 0 Å². The normalized spacial score (nSPS) is 14.3. The number of amides is 2. The molecule has 9 heteroatoms. The third-order valence-corrected chi connectivity index (χ3v) is 5.81. The van der Waals surface area contributed by atoms with E-state index in [0.29, 0.717) is 54.4 Å². The van der Waals surface area contributed by atoms with Crippen molar-refractivity contribution in [1.29, 1.82) is 0 Å². The third kappa shape index (κ3) is 5.05. The van der Waals surface area contributed by atoms with Crippen LogP contribution in [-0.4, -0.2) is 66.5 Å². The number of carbonyl (C=O) groups is 3. The predicted octanol–water partition coefficient (Wildman–Crippen LogP) is 1.97. The van der Waals surface area contributed by atoms with Crippen LogP contribution in [0.3, 0.4) is 0 Å². The predicted molar refractivity (Wildman–Crippen MR) is 119 cm³/mol. The Morgan fingerprint density at radius 1 is 1.12 bits per heavy atom. The zero-order valence-electron chi connectivity index (χ0n) is 18.9. The Morgan fingerprint density at radius 2 is 1.81 bits per heavy atom. The number of aryl methyl sites for hydroxylation is 1. The largest absolute Gasteiger partial charge is 0.379 e. The first-order valence-electron chi connectivity index (χ1n) is 10.6. The smallest absolute Gasteiger partial charge is 0.294 e. The summed E-state index contributed by atoms with van der Waals surface area (Å²) in [6.07, 6.45) is 0. The number of ether oxygens (including phenoxy) is 1. The minimum absolute atomic E-state index is 0.173. The van der Waals surface area contributed by atoms with Crippen molar-refractivity contribution in [3.63, 3.8) is 0 Å². The van der Waals surface area contributed by atoms with Gasteiger partial charge in [-0.15, -0.1) is 0 Å². The van der Waals surface area contributed by atoms with E-state index in [2.05, 4.69) is 15.5 Å². The van der Waals surface area contributed by atoms with E-state index >= 15 is 0 Å². The van der Waals surface area contributed by atoms with Crippen molar-refractivity contribution >= 4 is 23.3 Å². The number of carbonyl (C=O) groups excluding carboxylic acids is 3. The molecule has 2 aromatic rings. The zero-order valence-corrected chi connectivity index (χ0v) is 18.9. The van der Waals surface area contributed by atoms with Gasteiger partial charge in [0.1, 0.15) is 5.82 Å². The maximum atomic E-state index is 13.5. The minimum atomic E-state index is -0.705. The molecule has 1 aliphatic rings. The third-order valence-electron chi connectivity index (χ3n) is 5.81. The Morgan fingerprint density at radius 3 is 2.47 bits per heavy atom. The molecule has 8 nitrogen and oxygen atoms in total. The molecule has 0 radical (unpaired) electrons. The highest BCUT2D eigenvalue weighted by atomic mass is 19.1. The van der Waals surface area contributed by atoms with Crippen molar-refractivity contribution in [3.8, 4) is 0 Å². The summed E-state index contributed by atoms with van der Waals surface area (Å²) in [7, 11) is 1.65. The molecule has 172 valence electrons. The van der Waals surface area contributed by atoms with Gasteiger partial charge in [-0.2, -0.15) is 0 Å². The fourth-order valence-electron chi connectivity index (χ4n) is 3.89. The van der Waals surface area contributed by atoms with Crippen LogP contribution in [0.25, 0.3) is 0 Å². The van der Waals surface area contributed by atoms with Crippen LogP contribution in [-0.2, 0) is 16.6 Å². The number of halogens is 1. The van der Waals surface area contributed by atoms with Crippen LogP contribution in [0.2, 0.25) is 0 Å². The first-order chi connectivity index (χ1) is 15.2. The molecule has 0 saturated carbocycles. The molecule has 1 saturated heterocycles. The lowest BCUT2D eigenvalue weighted by atomic mass is 10.1. The number of benzene rings is 1. The summed E-state index contributed by atoms with van der Waals surface area (Å²) in [6, 6.07) is 4.29. The lowest BCUT2D eigenvalue weighted by molar-refractivity contribution is -0.117. The van der Waals surface area contributed by atoms with Crippen molar-refractivity contribution in [2.75, 3.05) is 44.7 Å². The van der Waals surface area contributed by atoms with Crippen molar-refractivity contribution in [2.45, 2.75) is 20.8 Å². The van der Waals surface area contributed by atoms with E-state index < -0.39 is 17.6 Å². The van der Waals surface area contributed by atoms with Crippen LogP contribution in [0, 0.1) is 26.6 Å². The molecule has 32 heavy (non-hydrogen) atoms. The topological polar surface area (TPSA) is 92.7 Å². The Bertz CT molecular complexity index is 1040. The van der Waals surface area contributed by atoms with Crippen LogP contribution < -0.4 is 10.6 Å². The molecule has 0 aliphatic carbocycles. The molecule has 0 spiro atoms. The van der Waals surface area contributed by atoms with E-state index in [1.54, 1.807) is 32.4 Å². The Kier molecular flexibility index (Phi) is 7.42. The van der Waals surface area contributed by atoms with E-state index in [0.717, 1.165) is 13.1 Å². The van der Waals surface area contributed by atoms with Gasteiger partial charge in [-0.25, -0.2) is 4.39 Å². The van der Waals surface area contributed by atoms with Gasteiger partial charge < -0.3 is 19.9 Å². The van der Waals surface area contributed by atoms with Gasteiger partial charge in [-0.3, -0.25) is 19.3 Å².